The Bertz CT molecular complexity index is 1600. The standard InChI is InChI=1S/C34H34F4O7/c1-18-11-22(44-17-33(41)7-9-42-10-8-33)12-19(2)30(18)25-15-26(34(36,37)38)32(35)31-24(25)5-6-27(31)45-21-3-4-23-20(13-29(39)40)16-43-28(23)14-21/h3-4,11-12,14-15,20,27,41H,5-10,13,16-17H2,1-2H3,(H,39,40)/t20?,27-/m1/s1. The highest BCUT2D eigenvalue weighted by Crippen LogP contribution is 2.48. The summed E-state index contributed by atoms with van der Waals surface area (Å²) < 4.78 is 81.4. The topological polar surface area (TPSA) is 94.5 Å². The number of hydrogen-bond acceptors (Lipinski definition) is 6. The minimum absolute atomic E-state index is 0.0612. The summed E-state index contributed by atoms with van der Waals surface area (Å²) in [5.74, 6) is -1.40. The van der Waals surface area contributed by atoms with Crippen molar-refractivity contribution in [2.75, 3.05) is 26.4 Å². The van der Waals surface area contributed by atoms with Crippen LogP contribution in [-0.4, -0.2) is 48.2 Å². The van der Waals surface area contributed by atoms with Crippen molar-refractivity contribution in [2.45, 2.75) is 69.8 Å². The maximum Gasteiger partial charge on any atom is 0.419 e. The van der Waals surface area contributed by atoms with E-state index in [4.69, 9.17) is 24.1 Å². The van der Waals surface area contributed by atoms with Gasteiger partial charge in [-0.15, -0.1) is 0 Å². The number of halogens is 4. The molecule has 2 atom stereocenters. The van der Waals surface area contributed by atoms with Gasteiger partial charge in [0, 0.05) is 49.2 Å². The highest BCUT2D eigenvalue weighted by Gasteiger charge is 2.41. The van der Waals surface area contributed by atoms with Gasteiger partial charge in [-0.05, 0) is 78.8 Å². The van der Waals surface area contributed by atoms with Gasteiger partial charge in [-0.1, -0.05) is 6.07 Å². The van der Waals surface area contributed by atoms with E-state index in [-0.39, 0.29) is 37.5 Å². The number of aliphatic hydroxyl groups is 1. The molecule has 0 saturated carbocycles. The monoisotopic (exact) mass is 630 g/mol. The molecule has 0 amide bonds. The van der Waals surface area contributed by atoms with Gasteiger partial charge < -0.3 is 29.2 Å². The summed E-state index contributed by atoms with van der Waals surface area (Å²) in [6, 6.07) is 9.20. The number of benzene rings is 3. The van der Waals surface area contributed by atoms with Crippen LogP contribution >= 0.6 is 0 Å². The summed E-state index contributed by atoms with van der Waals surface area (Å²) >= 11 is 0. The molecule has 1 unspecified atom stereocenters. The van der Waals surface area contributed by atoms with Crippen molar-refractivity contribution in [1.82, 2.24) is 0 Å². The van der Waals surface area contributed by atoms with Gasteiger partial charge in [0.05, 0.1) is 18.6 Å². The van der Waals surface area contributed by atoms with Crippen molar-refractivity contribution in [3.05, 3.63) is 75.6 Å². The predicted octanol–water partition coefficient (Wildman–Crippen LogP) is 7.07. The van der Waals surface area contributed by atoms with Crippen molar-refractivity contribution in [2.24, 2.45) is 0 Å². The third-order valence-corrected chi connectivity index (χ3v) is 8.97. The van der Waals surface area contributed by atoms with E-state index in [9.17, 15) is 23.1 Å². The zero-order chi connectivity index (χ0) is 32.1. The van der Waals surface area contributed by atoms with Gasteiger partial charge >= 0.3 is 12.1 Å². The van der Waals surface area contributed by atoms with Crippen LogP contribution in [0.25, 0.3) is 11.1 Å². The van der Waals surface area contributed by atoms with Crippen LogP contribution in [0.15, 0.2) is 36.4 Å². The molecule has 1 saturated heterocycles. The van der Waals surface area contributed by atoms with Gasteiger partial charge in [0.25, 0.3) is 0 Å². The molecule has 2 N–H and O–H groups in total. The van der Waals surface area contributed by atoms with E-state index in [0.717, 1.165) is 6.07 Å². The fourth-order valence-corrected chi connectivity index (χ4v) is 6.71. The molecule has 3 aliphatic rings. The molecule has 1 aliphatic carbocycles. The van der Waals surface area contributed by atoms with Gasteiger partial charge in [0.1, 0.15) is 41.4 Å². The zero-order valence-corrected chi connectivity index (χ0v) is 24.9. The molecule has 7 nitrogen and oxygen atoms in total. The maximum absolute atomic E-state index is 15.8. The molecule has 0 aromatic heterocycles. The Morgan fingerprint density at radius 3 is 2.44 bits per heavy atom. The summed E-state index contributed by atoms with van der Waals surface area (Å²) in [6.45, 7) is 4.67. The van der Waals surface area contributed by atoms with E-state index in [1.807, 2.05) is 0 Å². The summed E-state index contributed by atoms with van der Waals surface area (Å²) in [5, 5.41) is 19.9. The fraction of sp³-hybridized carbons (Fsp3) is 0.441. The van der Waals surface area contributed by atoms with Crippen molar-refractivity contribution >= 4 is 5.97 Å². The second-order valence-electron chi connectivity index (χ2n) is 12.2. The first kappa shape index (κ1) is 31.2. The zero-order valence-electron chi connectivity index (χ0n) is 24.9. The third kappa shape index (κ3) is 6.20. The Labute approximate surface area is 257 Å². The molecule has 0 radical (unpaired) electrons. The number of ether oxygens (including phenoxy) is 4. The SMILES string of the molecule is Cc1cc(OCC2(O)CCOCC2)cc(C)c1-c1cc(C(F)(F)F)c(F)c2c1CC[C@H]2Oc1ccc2c(c1)OCC2CC(=O)O. The summed E-state index contributed by atoms with van der Waals surface area (Å²) in [6.07, 6.45) is -4.55. The molecule has 2 aliphatic heterocycles. The summed E-state index contributed by atoms with van der Waals surface area (Å²) in [7, 11) is 0. The lowest BCUT2D eigenvalue weighted by molar-refractivity contribution is -0.140. The van der Waals surface area contributed by atoms with Gasteiger partial charge in [0.2, 0.25) is 0 Å². The molecule has 3 aromatic carbocycles. The Morgan fingerprint density at radius 1 is 1.07 bits per heavy atom. The molecule has 2 heterocycles. The lowest BCUT2D eigenvalue weighted by Gasteiger charge is -2.31. The van der Waals surface area contributed by atoms with Gasteiger partial charge in [-0.25, -0.2) is 4.39 Å². The molecule has 0 bridgehead atoms. The van der Waals surface area contributed by atoms with Crippen LogP contribution in [0, 0.1) is 19.7 Å². The molecule has 3 aromatic rings. The number of carboxylic acid groups (broad SMARTS) is 1. The number of carboxylic acids is 1. The van der Waals surface area contributed by atoms with Crippen molar-refractivity contribution in [3.8, 4) is 28.4 Å². The number of carbonyl (C=O) groups is 1. The predicted molar refractivity (Wildman–Crippen MR) is 155 cm³/mol. The first-order valence-corrected chi connectivity index (χ1v) is 14.9. The summed E-state index contributed by atoms with van der Waals surface area (Å²) in [5.41, 5.74) is 0.841. The summed E-state index contributed by atoms with van der Waals surface area (Å²) in [4.78, 5) is 11.2. The second kappa shape index (κ2) is 11.8. The van der Waals surface area contributed by atoms with E-state index < -0.39 is 35.2 Å². The quantitative estimate of drug-likeness (QED) is 0.257. The van der Waals surface area contributed by atoms with Crippen molar-refractivity contribution in [1.29, 1.82) is 0 Å². The molecule has 11 heteroatoms. The minimum Gasteiger partial charge on any atom is -0.492 e. The molecule has 240 valence electrons. The Morgan fingerprint density at radius 2 is 1.78 bits per heavy atom. The first-order valence-electron chi connectivity index (χ1n) is 14.9. The Kier molecular flexibility index (Phi) is 8.19. The van der Waals surface area contributed by atoms with E-state index in [1.165, 1.54) is 0 Å². The normalized spacial score (nSPS) is 20.3. The Hall–Kier alpha value is -3.83. The van der Waals surface area contributed by atoms with E-state index in [0.29, 0.717) is 83.1 Å². The Balaban J connectivity index is 1.33. The van der Waals surface area contributed by atoms with Crippen molar-refractivity contribution in [3.63, 3.8) is 0 Å². The largest absolute Gasteiger partial charge is 0.492 e. The average molecular weight is 631 g/mol. The van der Waals surface area contributed by atoms with Crippen LogP contribution in [0.5, 0.6) is 17.2 Å². The molecule has 6 rings (SSSR count). The lowest BCUT2D eigenvalue weighted by atomic mass is 9.88. The molecule has 0 spiro atoms. The van der Waals surface area contributed by atoms with Crippen molar-refractivity contribution < 1.29 is 51.5 Å². The highest BCUT2D eigenvalue weighted by molar-refractivity contribution is 5.77. The van der Waals surface area contributed by atoms with Crippen LogP contribution < -0.4 is 14.2 Å². The average Bonchev–Trinajstić information content (AvgIpc) is 3.56. The minimum atomic E-state index is -4.94. The third-order valence-electron chi connectivity index (χ3n) is 8.97. The van der Waals surface area contributed by atoms with Gasteiger partial charge in [-0.2, -0.15) is 13.2 Å². The second-order valence-corrected chi connectivity index (χ2v) is 12.2. The number of rotatable bonds is 8. The van der Waals surface area contributed by atoms with Gasteiger partial charge in [0.15, 0.2) is 0 Å². The molecule has 45 heavy (non-hydrogen) atoms. The van der Waals surface area contributed by atoms with E-state index in [1.54, 1.807) is 44.2 Å². The number of fused-ring (bicyclic) bond motifs is 2. The lowest BCUT2D eigenvalue weighted by Crippen LogP contribution is -2.41. The van der Waals surface area contributed by atoms with Gasteiger partial charge in [-0.3, -0.25) is 4.79 Å². The highest BCUT2D eigenvalue weighted by atomic mass is 19.4. The number of hydrogen-bond donors (Lipinski definition) is 2. The van der Waals surface area contributed by atoms with Crippen LogP contribution in [0.1, 0.15) is 71.1 Å². The van der Waals surface area contributed by atoms with Crippen LogP contribution in [0.2, 0.25) is 0 Å². The number of aryl methyl sites for hydroxylation is 2. The molecular weight excluding hydrogens is 596 g/mol. The molecule has 1 fully saturated rings. The van der Waals surface area contributed by atoms with E-state index in [2.05, 4.69) is 0 Å². The molecular formula is C34H34F4O7. The van der Waals surface area contributed by atoms with Crippen LogP contribution in [-0.2, 0) is 22.1 Å². The smallest absolute Gasteiger partial charge is 0.419 e. The number of alkyl halides is 3. The number of aliphatic carboxylic acids is 1. The fourth-order valence-electron chi connectivity index (χ4n) is 6.71. The van der Waals surface area contributed by atoms with Crippen LogP contribution in [0.4, 0.5) is 17.6 Å². The van der Waals surface area contributed by atoms with Crippen LogP contribution in [0.3, 0.4) is 0 Å². The first-order chi connectivity index (χ1) is 21.3. The van der Waals surface area contributed by atoms with E-state index >= 15 is 4.39 Å². The maximum atomic E-state index is 15.8.